The molecule has 0 spiro atoms. The number of benzene rings is 2. The average molecular weight is 277 g/mol. The molecule has 1 N–H and O–H groups in total. The van der Waals surface area contributed by atoms with E-state index in [0.29, 0.717) is 5.92 Å². The molecule has 21 heavy (non-hydrogen) atoms. The third kappa shape index (κ3) is 3.03. The van der Waals surface area contributed by atoms with Crippen molar-refractivity contribution in [2.24, 2.45) is 11.8 Å². The van der Waals surface area contributed by atoms with Crippen molar-refractivity contribution < 1.29 is 0 Å². The maximum Gasteiger partial charge on any atom is 0.0121 e. The molecule has 0 aromatic heterocycles. The summed E-state index contributed by atoms with van der Waals surface area (Å²) in [4.78, 5) is 0. The van der Waals surface area contributed by atoms with Crippen molar-refractivity contribution in [3.05, 3.63) is 71.8 Å². The Morgan fingerprint density at radius 1 is 0.857 bits per heavy atom. The van der Waals surface area contributed by atoms with E-state index in [1.54, 1.807) is 0 Å². The van der Waals surface area contributed by atoms with Crippen molar-refractivity contribution in [1.82, 2.24) is 5.32 Å². The van der Waals surface area contributed by atoms with E-state index in [9.17, 15) is 0 Å². The molecule has 1 nitrogen and oxygen atoms in total. The minimum atomic E-state index is 0.568. The fourth-order valence-corrected chi connectivity index (χ4v) is 3.53. The standard InChI is InChI=1S/C20H23N/c1-3-7-15(8-4-1)20(16-9-5-2-6-10-16)19-13-17(19)14-21-18-11-12-18/h1-10,17-21H,11-14H2. The van der Waals surface area contributed by atoms with Crippen molar-refractivity contribution in [2.45, 2.75) is 31.2 Å². The smallest absolute Gasteiger partial charge is 0.0121 e. The highest BCUT2D eigenvalue weighted by Gasteiger charge is 2.44. The molecule has 2 saturated carbocycles. The summed E-state index contributed by atoms with van der Waals surface area (Å²) < 4.78 is 0. The molecule has 2 fully saturated rings. The van der Waals surface area contributed by atoms with Crippen LogP contribution in [0, 0.1) is 11.8 Å². The molecule has 0 radical (unpaired) electrons. The highest BCUT2D eigenvalue weighted by molar-refractivity contribution is 5.35. The maximum absolute atomic E-state index is 3.71. The van der Waals surface area contributed by atoms with Crippen LogP contribution in [-0.2, 0) is 0 Å². The third-order valence-corrected chi connectivity index (χ3v) is 4.97. The van der Waals surface area contributed by atoms with E-state index in [1.807, 2.05) is 0 Å². The predicted molar refractivity (Wildman–Crippen MR) is 87.3 cm³/mol. The summed E-state index contributed by atoms with van der Waals surface area (Å²) >= 11 is 0. The van der Waals surface area contributed by atoms with E-state index in [0.717, 1.165) is 17.9 Å². The quantitative estimate of drug-likeness (QED) is 0.834. The van der Waals surface area contributed by atoms with Crippen molar-refractivity contribution in [2.75, 3.05) is 6.54 Å². The van der Waals surface area contributed by atoms with Gasteiger partial charge in [-0.15, -0.1) is 0 Å². The molecule has 108 valence electrons. The summed E-state index contributed by atoms with van der Waals surface area (Å²) in [5, 5.41) is 3.71. The van der Waals surface area contributed by atoms with Gasteiger partial charge in [-0.3, -0.25) is 0 Å². The lowest BCUT2D eigenvalue weighted by Crippen LogP contribution is -2.20. The molecule has 2 aliphatic rings. The second-order valence-corrected chi connectivity index (χ2v) is 6.64. The molecular formula is C20H23N. The van der Waals surface area contributed by atoms with Gasteiger partial charge in [0.25, 0.3) is 0 Å². The van der Waals surface area contributed by atoms with Gasteiger partial charge in [-0.25, -0.2) is 0 Å². The topological polar surface area (TPSA) is 12.0 Å². The first-order valence-corrected chi connectivity index (χ1v) is 8.25. The van der Waals surface area contributed by atoms with Gasteiger partial charge in [0.05, 0.1) is 0 Å². The van der Waals surface area contributed by atoms with Crippen molar-refractivity contribution in [3.63, 3.8) is 0 Å². The number of rotatable bonds is 6. The van der Waals surface area contributed by atoms with Gasteiger partial charge in [-0.2, -0.15) is 0 Å². The second kappa shape index (κ2) is 5.65. The first-order chi connectivity index (χ1) is 10.4. The summed E-state index contributed by atoms with van der Waals surface area (Å²) in [6.45, 7) is 1.21. The molecule has 0 bridgehead atoms. The minimum Gasteiger partial charge on any atom is -0.314 e. The molecule has 2 unspecified atom stereocenters. The van der Waals surface area contributed by atoms with E-state index in [1.165, 1.54) is 36.9 Å². The Kier molecular flexibility index (Phi) is 3.52. The first-order valence-electron chi connectivity index (χ1n) is 8.25. The Labute approximate surface area is 127 Å². The molecule has 2 aromatic carbocycles. The number of hydrogen-bond acceptors (Lipinski definition) is 1. The van der Waals surface area contributed by atoms with Crippen LogP contribution in [-0.4, -0.2) is 12.6 Å². The predicted octanol–water partition coefficient (Wildman–Crippen LogP) is 4.21. The van der Waals surface area contributed by atoms with Gasteiger partial charge in [0, 0.05) is 12.0 Å². The lowest BCUT2D eigenvalue weighted by Gasteiger charge is -2.18. The zero-order chi connectivity index (χ0) is 14.1. The molecule has 1 heteroatoms. The van der Waals surface area contributed by atoms with Gasteiger partial charge in [-0.1, -0.05) is 60.7 Å². The second-order valence-electron chi connectivity index (χ2n) is 6.64. The summed E-state index contributed by atoms with van der Waals surface area (Å²) in [5.74, 6) is 2.23. The van der Waals surface area contributed by atoms with E-state index in [-0.39, 0.29) is 0 Å². The Morgan fingerprint density at radius 3 is 1.95 bits per heavy atom. The van der Waals surface area contributed by atoms with Crippen LogP contribution < -0.4 is 5.32 Å². The monoisotopic (exact) mass is 277 g/mol. The molecule has 0 saturated heterocycles. The van der Waals surface area contributed by atoms with Crippen LogP contribution in [0.25, 0.3) is 0 Å². The van der Waals surface area contributed by atoms with Gasteiger partial charge in [-0.05, 0) is 48.8 Å². The van der Waals surface area contributed by atoms with Gasteiger partial charge < -0.3 is 5.32 Å². The Hall–Kier alpha value is -1.60. The fourth-order valence-electron chi connectivity index (χ4n) is 3.53. The lowest BCUT2D eigenvalue weighted by molar-refractivity contribution is 0.566. The van der Waals surface area contributed by atoms with Gasteiger partial charge in [0.15, 0.2) is 0 Å². The van der Waals surface area contributed by atoms with Crippen LogP contribution in [0.15, 0.2) is 60.7 Å². The SMILES string of the molecule is c1ccc(C(c2ccccc2)C2CC2CNC2CC2)cc1. The number of nitrogens with one attached hydrogen (secondary N) is 1. The van der Waals surface area contributed by atoms with Crippen LogP contribution in [0.3, 0.4) is 0 Å². The zero-order valence-electron chi connectivity index (χ0n) is 12.4. The van der Waals surface area contributed by atoms with Crippen LogP contribution in [0.4, 0.5) is 0 Å². The third-order valence-electron chi connectivity index (χ3n) is 4.97. The van der Waals surface area contributed by atoms with E-state index in [2.05, 4.69) is 66.0 Å². The summed E-state index contributed by atoms with van der Waals surface area (Å²) in [6, 6.07) is 22.9. The van der Waals surface area contributed by atoms with E-state index in [4.69, 9.17) is 0 Å². The highest BCUT2D eigenvalue weighted by Crippen LogP contribution is 2.51. The molecule has 4 rings (SSSR count). The van der Waals surface area contributed by atoms with Crippen molar-refractivity contribution in [3.8, 4) is 0 Å². The molecule has 0 heterocycles. The number of hydrogen-bond donors (Lipinski definition) is 1. The van der Waals surface area contributed by atoms with Crippen LogP contribution in [0.1, 0.15) is 36.3 Å². The summed E-state index contributed by atoms with van der Waals surface area (Å²) in [7, 11) is 0. The molecular weight excluding hydrogens is 254 g/mol. The van der Waals surface area contributed by atoms with Crippen LogP contribution in [0.2, 0.25) is 0 Å². The summed E-state index contributed by atoms with van der Waals surface area (Å²) in [6.07, 6.45) is 4.14. The van der Waals surface area contributed by atoms with Crippen LogP contribution >= 0.6 is 0 Å². The van der Waals surface area contributed by atoms with Crippen LogP contribution in [0.5, 0.6) is 0 Å². The Morgan fingerprint density at radius 2 is 1.43 bits per heavy atom. The molecule has 0 aliphatic heterocycles. The van der Waals surface area contributed by atoms with Crippen molar-refractivity contribution in [1.29, 1.82) is 0 Å². The van der Waals surface area contributed by atoms with Crippen molar-refractivity contribution >= 4 is 0 Å². The Balaban J connectivity index is 1.53. The molecule has 2 aromatic rings. The lowest BCUT2D eigenvalue weighted by atomic mass is 9.86. The zero-order valence-corrected chi connectivity index (χ0v) is 12.4. The molecule has 2 aliphatic carbocycles. The van der Waals surface area contributed by atoms with E-state index >= 15 is 0 Å². The molecule has 0 amide bonds. The first kappa shape index (κ1) is 13.1. The molecule has 2 atom stereocenters. The van der Waals surface area contributed by atoms with Gasteiger partial charge >= 0.3 is 0 Å². The normalized spacial score (nSPS) is 24.2. The Bertz CT molecular complexity index is 534. The minimum absolute atomic E-state index is 0.568. The van der Waals surface area contributed by atoms with E-state index < -0.39 is 0 Å². The highest BCUT2D eigenvalue weighted by atomic mass is 15.0. The summed E-state index contributed by atoms with van der Waals surface area (Å²) in [5.41, 5.74) is 2.95. The van der Waals surface area contributed by atoms with Gasteiger partial charge in [0.1, 0.15) is 0 Å². The largest absolute Gasteiger partial charge is 0.314 e. The van der Waals surface area contributed by atoms with Gasteiger partial charge in [0.2, 0.25) is 0 Å². The maximum atomic E-state index is 3.71. The fraction of sp³-hybridized carbons (Fsp3) is 0.400. The average Bonchev–Trinajstić information content (AvgIpc) is 3.44.